The van der Waals surface area contributed by atoms with Crippen LogP contribution in [0.15, 0.2) is 53.6 Å². The third-order valence-corrected chi connectivity index (χ3v) is 5.84. The second-order valence-electron chi connectivity index (χ2n) is 6.32. The maximum atomic E-state index is 13.3. The van der Waals surface area contributed by atoms with Crippen molar-refractivity contribution in [2.24, 2.45) is 5.14 Å². The zero-order valence-electron chi connectivity index (χ0n) is 15.1. The zero-order chi connectivity index (χ0) is 21.0. The van der Waals surface area contributed by atoms with Gasteiger partial charge in [0.05, 0.1) is 4.90 Å². The lowest BCUT2D eigenvalue weighted by atomic mass is 10.1. The second-order valence-corrected chi connectivity index (χ2v) is 9.00. The van der Waals surface area contributed by atoms with E-state index in [0.29, 0.717) is 23.5 Å². The van der Waals surface area contributed by atoms with Crippen molar-refractivity contribution in [1.29, 1.82) is 0 Å². The molecule has 0 unspecified atom stereocenters. The quantitative estimate of drug-likeness (QED) is 0.592. The van der Waals surface area contributed by atoms with Crippen LogP contribution < -0.4 is 10.5 Å². The number of primary sulfonamides is 1. The molecule has 0 aliphatic rings. The van der Waals surface area contributed by atoms with Gasteiger partial charge in [-0.15, -0.1) is 11.3 Å². The third-order valence-electron chi connectivity index (χ3n) is 3.99. The molecule has 1 amide bonds. The minimum Gasteiger partial charge on any atom is -0.302 e. The molecule has 0 aliphatic heterocycles. The van der Waals surface area contributed by atoms with Gasteiger partial charge in [0, 0.05) is 30.0 Å². The molecule has 1 heterocycles. The largest absolute Gasteiger partial charge is 0.302 e. The Hall–Kier alpha value is -2.69. The monoisotopic (exact) mass is 437 g/mol. The number of carbonyl (C=O) groups is 1. The Bertz CT molecular complexity index is 1110. The summed E-state index contributed by atoms with van der Waals surface area (Å²) in [5.41, 5.74) is 1.27. The Morgan fingerprint density at radius 3 is 2.34 bits per heavy atom. The number of nitrogens with two attached hydrogens (primary N) is 1. The van der Waals surface area contributed by atoms with Crippen LogP contribution in [0.4, 0.5) is 13.9 Å². The fourth-order valence-electron chi connectivity index (χ4n) is 2.65. The fraction of sp³-hybridized carbons (Fsp3) is 0.158. The van der Waals surface area contributed by atoms with Crippen LogP contribution in [0.1, 0.15) is 22.4 Å². The number of nitrogens with one attached hydrogen (secondary N) is 1. The van der Waals surface area contributed by atoms with Crippen LogP contribution in [0.25, 0.3) is 0 Å². The zero-order valence-corrected chi connectivity index (χ0v) is 16.7. The van der Waals surface area contributed by atoms with E-state index in [1.165, 1.54) is 35.6 Å². The number of halogens is 2. The second kappa shape index (κ2) is 8.76. The van der Waals surface area contributed by atoms with Gasteiger partial charge < -0.3 is 5.32 Å². The van der Waals surface area contributed by atoms with Crippen LogP contribution in [0.3, 0.4) is 0 Å². The number of hydrogen-bond donors (Lipinski definition) is 2. The van der Waals surface area contributed by atoms with Crippen molar-refractivity contribution < 1.29 is 22.0 Å². The molecule has 3 aromatic rings. The van der Waals surface area contributed by atoms with E-state index in [0.717, 1.165) is 16.5 Å². The number of rotatable bonds is 7. The van der Waals surface area contributed by atoms with Gasteiger partial charge in [0.1, 0.15) is 11.6 Å². The van der Waals surface area contributed by atoms with E-state index in [-0.39, 0.29) is 17.2 Å². The van der Waals surface area contributed by atoms with Crippen molar-refractivity contribution in [1.82, 2.24) is 4.98 Å². The number of aryl methyl sites for hydroxylation is 1. The van der Waals surface area contributed by atoms with Crippen LogP contribution in [0.5, 0.6) is 0 Å². The molecule has 0 spiro atoms. The molecule has 0 fully saturated rings. The van der Waals surface area contributed by atoms with Crippen molar-refractivity contribution >= 4 is 32.4 Å². The molecule has 0 atom stereocenters. The molecule has 0 bridgehead atoms. The lowest BCUT2D eigenvalue weighted by molar-refractivity contribution is -0.116. The summed E-state index contributed by atoms with van der Waals surface area (Å²) in [5, 5.41) is 8.12. The van der Waals surface area contributed by atoms with Gasteiger partial charge in [-0.3, -0.25) is 4.79 Å². The standard InChI is InChI=1S/C19H17F2N3O3S2/c20-14-7-13(8-15(21)10-14)9-16-11-23-19(28-16)24-18(25)6-3-12-1-4-17(5-2-12)29(22,26)27/h1-2,4-5,7-8,10-11H,3,6,9H2,(H2,22,26,27)(H,23,24,25). The van der Waals surface area contributed by atoms with Crippen LogP contribution in [-0.2, 0) is 27.7 Å². The molecule has 0 radical (unpaired) electrons. The van der Waals surface area contributed by atoms with E-state index in [2.05, 4.69) is 10.3 Å². The van der Waals surface area contributed by atoms with Crippen molar-refractivity contribution in [3.8, 4) is 0 Å². The highest BCUT2D eigenvalue weighted by atomic mass is 32.2. The van der Waals surface area contributed by atoms with E-state index in [1.54, 1.807) is 18.3 Å². The molecule has 152 valence electrons. The molecule has 3 N–H and O–H groups in total. The molecular weight excluding hydrogens is 420 g/mol. The molecule has 0 aliphatic carbocycles. The number of benzene rings is 2. The van der Waals surface area contributed by atoms with Gasteiger partial charge in [-0.25, -0.2) is 27.3 Å². The van der Waals surface area contributed by atoms with Crippen LogP contribution in [0.2, 0.25) is 0 Å². The SMILES string of the molecule is NS(=O)(=O)c1ccc(CCC(=O)Nc2ncc(Cc3cc(F)cc(F)c3)s2)cc1. The number of thiazole rings is 1. The fourth-order valence-corrected chi connectivity index (χ4v) is 4.02. The summed E-state index contributed by atoms with van der Waals surface area (Å²) in [6.45, 7) is 0. The minimum atomic E-state index is -3.74. The van der Waals surface area contributed by atoms with E-state index in [4.69, 9.17) is 5.14 Å². The van der Waals surface area contributed by atoms with Gasteiger partial charge in [0.2, 0.25) is 15.9 Å². The maximum Gasteiger partial charge on any atom is 0.238 e. The third kappa shape index (κ3) is 6.14. The summed E-state index contributed by atoms with van der Waals surface area (Å²) < 4.78 is 49.0. The smallest absolute Gasteiger partial charge is 0.238 e. The summed E-state index contributed by atoms with van der Waals surface area (Å²) >= 11 is 1.23. The summed E-state index contributed by atoms with van der Waals surface area (Å²) in [5.74, 6) is -1.54. The van der Waals surface area contributed by atoms with E-state index < -0.39 is 21.7 Å². The van der Waals surface area contributed by atoms with Crippen molar-refractivity contribution in [2.45, 2.75) is 24.2 Å². The molecule has 6 nitrogen and oxygen atoms in total. The summed E-state index contributed by atoms with van der Waals surface area (Å²) in [7, 11) is -3.74. The Kier molecular flexibility index (Phi) is 6.36. The molecule has 0 saturated carbocycles. The molecule has 2 aromatic carbocycles. The number of sulfonamides is 1. The van der Waals surface area contributed by atoms with Gasteiger partial charge >= 0.3 is 0 Å². The van der Waals surface area contributed by atoms with E-state index in [1.807, 2.05) is 0 Å². The van der Waals surface area contributed by atoms with Gasteiger partial charge in [-0.1, -0.05) is 12.1 Å². The summed E-state index contributed by atoms with van der Waals surface area (Å²) in [6, 6.07) is 9.31. The molecular formula is C19H17F2N3O3S2. The highest BCUT2D eigenvalue weighted by Gasteiger charge is 2.10. The number of amides is 1. The topological polar surface area (TPSA) is 102 Å². The first-order valence-corrected chi connectivity index (χ1v) is 10.9. The predicted molar refractivity (Wildman–Crippen MR) is 106 cm³/mol. The first kappa shape index (κ1) is 21.0. The lowest BCUT2D eigenvalue weighted by Gasteiger charge is -2.04. The molecule has 3 rings (SSSR count). The number of carbonyl (C=O) groups excluding carboxylic acids is 1. The molecule has 10 heteroatoms. The predicted octanol–water partition coefficient (Wildman–Crippen LogP) is 3.23. The van der Waals surface area contributed by atoms with Crippen molar-refractivity contribution in [2.75, 3.05) is 5.32 Å². The highest BCUT2D eigenvalue weighted by molar-refractivity contribution is 7.89. The lowest BCUT2D eigenvalue weighted by Crippen LogP contribution is -2.13. The molecule has 0 saturated heterocycles. The average molecular weight is 437 g/mol. The normalized spacial score (nSPS) is 11.4. The van der Waals surface area contributed by atoms with Gasteiger partial charge in [0.25, 0.3) is 0 Å². The van der Waals surface area contributed by atoms with Crippen LogP contribution in [-0.4, -0.2) is 19.3 Å². The van der Waals surface area contributed by atoms with Crippen molar-refractivity contribution in [3.63, 3.8) is 0 Å². The Labute approximate surface area is 170 Å². The summed E-state index contributed by atoms with van der Waals surface area (Å²) in [6.07, 6.45) is 2.45. The molecule has 29 heavy (non-hydrogen) atoms. The van der Waals surface area contributed by atoms with Gasteiger partial charge in [0.15, 0.2) is 5.13 Å². The minimum absolute atomic E-state index is 0.0131. The van der Waals surface area contributed by atoms with E-state index in [9.17, 15) is 22.0 Å². The number of anilines is 1. The van der Waals surface area contributed by atoms with Gasteiger partial charge in [-0.2, -0.15) is 0 Å². The average Bonchev–Trinajstić information content (AvgIpc) is 3.05. The summed E-state index contributed by atoms with van der Waals surface area (Å²) in [4.78, 5) is 17.0. The van der Waals surface area contributed by atoms with Crippen LogP contribution in [0, 0.1) is 11.6 Å². The Balaban J connectivity index is 1.53. The van der Waals surface area contributed by atoms with Gasteiger partial charge in [-0.05, 0) is 41.8 Å². The Morgan fingerprint density at radius 1 is 1.07 bits per heavy atom. The molecule has 1 aromatic heterocycles. The van der Waals surface area contributed by atoms with Crippen LogP contribution >= 0.6 is 11.3 Å². The van der Waals surface area contributed by atoms with E-state index >= 15 is 0 Å². The first-order valence-electron chi connectivity index (χ1n) is 8.50. The number of nitrogens with zero attached hydrogens (tertiary/aromatic N) is 1. The Morgan fingerprint density at radius 2 is 1.72 bits per heavy atom. The maximum absolute atomic E-state index is 13.3. The highest BCUT2D eigenvalue weighted by Crippen LogP contribution is 2.22. The number of hydrogen-bond acceptors (Lipinski definition) is 5. The number of aromatic nitrogens is 1. The first-order chi connectivity index (χ1) is 13.7. The van der Waals surface area contributed by atoms with Crippen molar-refractivity contribution in [3.05, 3.63) is 76.3 Å².